The summed E-state index contributed by atoms with van der Waals surface area (Å²) in [6, 6.07) is 0.0401. The molecule has 2 aliphatic rings. The maximum Gasteiger partial charge on any atom is 0.237 e. The minimum absolute atomic E-state index is 0.0401. The Labute approximate surface area is 143 Å². The normalized spacial score (nSPS) is 25.0. The fraction of sp³-hybridized carbons (Fsp3) is 0.765. The van der Waals surface area contributed by atoms with Gasteiger partial charge in [0.15, 0.2) is 0 Å². The van der Waals surface area contributed by atoms with E-state index >= 15 is 0 Å². The summed E-state index contributed by atoms with van der Waals surface area (Å²) in [6.45, 7) is 7.19. The summed E-state index contributed by atoms with van der Waals surface area (Å²) in [7, 11) is 2.20. The van der Waals surface area contributed by atoms with Gasteiger partial charge in [0, 0.05) is 18.1 Å². The van der Waals surface area contributed by atoms with Crippen LogP contribution in [0.15, 0.2) is 11.6 Å². The molecule has 5 nitrogen and oxygen atoms in total. The molecule has 3 heterocycles. The summed E-state index contributed by atoms with van der Waals surface area (Å²) in [6.07, 6.45) is 6.36. The summed E-state index contributed by atoms with van der Waals surface area (Å²) in [5, 5.41) is 6.03. The van der Waals surface area contributed by atoms with Crippen molar-refractivity contribution in [2.24, 2.45) is 5.41 Å². The molecule has 1 N–H and O–H groups in total. The Kier molecular flexibility index (Phi) is 5.34. The van der Waals surface area contributed by atoms with Crippen LogP contribution in [0.25, 0.3) is 0 Å². The lowest BCUT2D eigenvalue weighted by Crippen LogP contribution is -2.43. The highest BCUT2D eigenvalue weighted by Gasteiger charge is 2.47. The van der Waals surface area contributed by atoms with Crippen LogP contribution in [0.2, 0.25) is 0 Å². The minimum Gasteiger partial charge on any atom is -0.348 e. The van der Waals surface area contributed by atoms with Crippen LogP contribution in [-0.4, -0.2) is 60.0 Å². The summed E-state index contributed by atoms with van der Waals surface area (Å²) < 4.78 is 0. The summed E-state index contributed by atoms with van der Waals surface area (Å²) in [4.78, 5) is 21.8. The molecule has 0 aliphatic carbocycles. The van der Waals surface area contributed by atoms with Crippen molar-refractivity contribution in [2.75, 3.05) is 33.2 Å². The molecule has 0 bridgehead atoms. The van der Waals surface area contributed by atoms with Gasteiger partial charge in [-0.05, 0) is 57.8 Å². The van der Waals surface area contributed by atoms with Crippen LogP contribution < -0.4 is 5.32 Å². The van der Waals surface area contributed by atoms with E-state index in [4.69, 9.17) is 0 Å². The molecule has 0 unspecified atom stereocenters. The Morgan fingerprint density at radius 3 is 2.91 bits per heavy atom. The first kappa shape index (κ1) is 16.9. The van der Waals surface area contributed by atoms with E-state index in [9.17, 15) is 4.79 Å². The number of nitrogens with one attached hydrogen (secondary N) is 1. The van der Waals surface area contributed by atoms with Gasteiger partial charge in [-0.25, -0.2) is 4.98 Å². The first-order valence-electron chi connectivity index (χ1n) is 8.70. The number of hydrogen-bond acceptors (Lipinski definition) is 5. The first-order chi connectivity index (χ1) is 11.1. The lowest BCUT2D eigenvalue weighted by molar-refractivity contribution is -0.125. The van der Waals surface area contributed by atoms with Gasteiger partial charge in [-0.15, -0.1) is 11.3 Å². The van der Waals surface area contributed by atoms with Crippen LogP contribution in [0.1, 0.15) is 37.6 Å². The van der Waals surface area contributed by atoms with E-state index in [0.29, 0.717) is 12.0 Å². The van der Waals surface area contributed by atoms with Crippen molar-refractivity contribution in [3.63, 3.8) is 0 Å². The molecule has 3 rings (SSSR count). The highest BCUT2D eigenvalue weighted by atomic mass is 32.1. The third-order valence-electron chi connectivity index (χ3n) is 5.36. The molecule has 128 valence electrons. The number of carbonyl (C=O) groups excluding carboxylic acids is 1. The number of hydrogen-bond donors (Lipinski definition) is 1. The van der Waals surface area contributed by atoms with E-state index in [0.717, 1.165) is 44.0 Å². The Balaban J connectivity index is 1.62. The number of rotatable bonds is 5. The standard InChI is InChI=1S/C17H28N4OS/c1-3-7-21-13-17(4-8-20(2)9-5-17)11-14(21)16(22)19-12-15-18-6-10-23-15/h6,10,14H,3-5,7-9,11-13H2,1-2H3,(H,19,22)/t14-/m1/s1. The average Bonchev–Trinajstić information content (AvgIpc) is 3.17. The zero-order chi connectivity index (χ0) is 16.3. The van der Waals surface area contributed by atoms with Gasteiger partial charge < -0.3 is 10.2 Å². The molecule has 1 amide bonds. The van der Waals surface area contributed by atoms with E-state index in [1.807, 2.05) is 5.38 Å². The van der Waals surface area contributed by atoms with Gasteiger partial charge in [0.05, 0.1) is 12.6 Å². The first-order valence-corrected chi connectivity index (χ1v) is 9.58. The van der Waals surface area contributed by atoms with Crippen molar-refractivity contribution in [1.29, 1.82) is 0 Å². The molecule has 23 heavy (non-hydrogen) atoms. The molecular formula is C17H28N4OS. The monoisotopic (exact) mass is 336 g/mol. The maximum absolute atomic E-state index is 12.7. The Hall–Kier alpha value is -0.980. The lowest BCUT2D eigenvalue weighted by Gasteiger charge is -2.37. The Morgan fingerprint density at radius 2 is 2.26 bits per heavy atom. The van der Waals surface area contributed by atoms with E-state index in [1.54, 1.807) is 17.5 Å². The molecule has 1 spiro atoms. The molecule has 1 atom stereocenters. The summed E-state index contributed by atoms with van der Waals surface area (Å²) in [5.74, 6) is 0.185. The Morgan fingerprint density at radius 1 is 1.48 bits per heavy atom. The summed E-state index contributed by atoms with van der Waals surface area (Å²) >= 11 is 1.60. The molecule has 0 saturated carbocycles. The topological polar surface area (TPSA) is 48.5 Å². The quantitative estimate of drug-likeness (QED) is 0.893. The van der Waals surface area contributed by atoms with Crippen LogP contribution in [-0.2, 0) is 11.3 Å². The van der Waals surface area contributed by atoms with Crippen LogP contribution >= 0.6 is 11.3 Å². The van der Waals surface area contributed by atoms with E-state index in [-0.39, 0.29) is 11.9 Å². The third kappa shape index (κ3) is 3.92. The fourth-order valence-corrected chi connectivity index (χ4v) is 4.56. The molecule has 2 aliphatic heterocycles. The lowest BCUT2D eigenvalue weighted by atomic mass is 9.76. The van der Waals surface area contributed by atoms with Crippen molar-refractivity contribution < 1.29 is 4.79 Å². The average molecular weight is 337 g/mol. The number of likely N-dealkylation sites (tertiary alicyclic amines) is 2. The van der Waals surface area contributed by atoms with Crippen LogP contribution in [0.4, 0.5) is 0 Å². The van der Waals surface area contributed by atoms with Crippen LogP contribution in [0, 0.1) is 5.41 Å². The molecule has 2 fully saturated rings. The summed E-state index contributed by atoms with van der Waals surface area (Å²) in [5.41, 5.74) is 0.352. The minimum atomic E-state index is 0.0401. The highest BCUT2D eigenvalue weighted by molar-refractivity contribution is 7.09. The number of piperidine rings is 1. The van der Waals surface area contributed by atoms with E-state index in [1.165, 1.54) is 12.8 Å². The van der Waals surface area contributed by atoms with Crippen molar-refractivity contribution in [3.8, 4) is 0 Å². The smallest absolute Gasteiger partial charge is 0.237 e. The highest BCUT2D eigenvalue weighted by Crippen LogP contribution is 2.43. The van der Waals surface area contributed by atoms with Gasteiger partial charge in [-0.3, -0.25) is 9.69 Å². The van der Waals surface area contributed by atoms with Gasteiger partial charge in [0.25, 0.3) is 0 Å². The predicted octanol–water partition coefficient (Wildman–Crippen LogP) is 1.96. The van der Waals surface area contributed by atoms with E-state index in [2.05, 4.69) is 34.1 Å². The second-order valence-electron chi connectivity index (χ2n) is 7.14. The number of carbonyl (C=O) groups is 1. The SMILES string of the molecule is CCCN1CC2(CCN(C)CC2)C[C@@H]1C(=O)NCc1nccs1. The van der Waals surface area contributed by atoms with Crippen molar-refractivity contribution in [2.45, 2.75) is 45.2 Å². The second-order valence-corrected chi connectivity index (χ2v) is 8.12. The third-order valence-corrected chi connectivity index (χ3v) is 6.14. The van der Waals surface area contributed by atoms with E-state index < -0.39 is 0 Å². The zero-order valence-electron chi connectivity index (χ0n) is 14.3. The number of nitrogens with zero attached hydrogens (tertiary/aromatic N) is 3. The molecule has 0 radical (unpaired) electrons. The number of thiazole rings is 1. The Bertz CT molecular complexity index is 511. The second kappa shape index (κ2) is 7.28. The maximum atomic E-state index is 12.7. The van der Waals surface area contributed by atoms with Crippen molar-refractivity contribution >= 4 is 17.2 Å². The van der Waals surface area contributed by atoms with Crippen molar-refractivity contribution in [3.05, 3.63) is 16.6 Å². The predicted molar refractivity (Wildman–Crippen MR) is 93.4 cm³/mol. The van der Waals surface area contributed by atoms with Gasteiger partial charge >= 0.3 is 0 Å². The number of amides is 1. The zero-order valence-corrected chi connectivity index (χ0v) is 15.1. The van der Waals surface area contributed by atoms with Gasteiger partial charge in [-0.1, -0.05) is 6.92 Å². The molecule has 0 aromatic carbocycles. The van der Waals surface area contributed by atoms with Crippen LogP contribution in [0.3, 0.4) is 0 Å². The fourth-order valence-electron chi connectivity index (χ4n) is 4.00. The molecule has 1 aromatic rings. The molecule has 1 aromatic heterocycles. The molecule has 6 heteroatoms. The molecule has 2 saturated heterocycles. The van der Waals surface area contributed by atoms with Gasteiger partial charge in [-0.2, -0.15) is 0 Å². The number of aromatic nitrogens is 1. The van der Waals surface area contributed by atoms with Gasteiger partial charge in [0.1, 0.15) is 5.01 Å². The van der Waals surface area contributed by atoms with Gasteiger partial charge in [0.2, 0.25) is 5.91 Å². The largest absolute Gasteiger partial charge is 0.348 e. The molecular weight excluding hydrogens is 308 g/mol. The van der Waals surface area contributed by atoms with Crippen molar-refractivity contribution in [1.82, 2.24) is 20.1 Å². The van der Waals surface area contributed by atoms with Crippen LogP contribution in [0.5, 0.6) is 0 Å².